The molecule has 0 rings (SSSR count). The number of carbonyl (C=O) groups excluding carboxylic acids is 2. The number of phosphoric ester groups is 1. The summed E-state index contributed by atoms with van der Waals surface area (Å²) in [6.07, 6.45) is 40.6. The summed E-state index contributed by atoms with van der Waals surface area (Å²) in [7, 11) is -3.21. The van der Waals surface area contributed by atoms with Crippen LogP contribution in [0.15, 0.2) is 36.5 Å². The van der Waals surface area contributed by atoms with Crippen LogP contribution in [0.5, 0.6) is 0 Å². The quantitative estimate of drug-likeness (QED) is 0.0296. The van der Waals surface area contributed by atoms with Gasteiger partial charge in [0, 0.05) is 20.0 Å². The average Bonchev–Trinajstić information content (AvgIpc) is 3.09. The second-order valence-electron chi connectivity index (χ2n) is 13.0. The molecule has 0 aliphatic carbocycles. The molecule has 9 heteroatoms. The lowest BCUT2D eigenvalue weighted by Gasteiger charge is -2.19. The van der Waals surface area contributed by atoms with E-state index in [1.165, 1.54) is 89.9 Å². The summed E-state index contributed by atoms with van der Waals surface area (Å²) in [6.45, 7) is 3.75. The molecule has 0 aromatic heterocycles. The smallest absolute Gasteiger partial charge is 0.462 e. The topological polar surface area (TPSA) is 108 Å². The number of allylic oxidation sites excluding steroid dienone is 6. The molecule has 8 nitrogen and oxygen atoms in total. The van der Waals surface area contributed by atoms with Crippen molar-refractivity contribution in [1.82, 2.24) is 0 Å². The summed E-state index contributed by atoms with van der Waals surface area (Å²) < 4.78 is 31.9. The van der Waals surface area contributed by atoms with Gasteiger partial charge in [-0.3, -0.25) is 18.6 Å². The van der Waals surface area contributed by atoms with E-state index in [9.17, 15) is 19.0 Å². The van der Waals surface area contributed by atoms with Crippen molar-refractivity contribution in [1.29, 1.82) is 0 Å². The SMILES string of the molecule is CC/C=C\C/C=C\C/C=C\CCCCCC(=O)OC(COC(=O)CCCCCCCCCCCCCCCCCCC)COP(=O)(O)OC. The molecule has 0 aliphatic heterocycles. The van der Waals surface area contributed by atoms with Crippen LogP contribution in [0.4, 0.5) is 0 Å². The molecule has 0 saturated carbocycles. The zero-order chi connectivity index (χ0) is 36.1. The van der Waals surface area contributed by atoms with Gasteiger partial charge in [0.05, 0.1) is 6.61 Å². The molecule has 0 bridgehead atoms. The number of phosphoric acid groups is 1. The highest BCUT2D eigenvalue weighted by molar-refractivity contribution is 7.47. The summed E-state index contributed by atoms with van der Waals surface area (Å²) in [4.78, 5) is 34.3. The fourth-order valence-electron chi connectivity index (χ4n) is 5.38. The van der Waals surface area contributed by atoms with Crippen molar-refractivity contribution in [3.05, 3.63) is 36.5 Å². The lowest BCUT2D eigenvalue weighted by Crippen LogP contribution is -2.29. The number of hydrogen-bond donors (Lipinski definition) is 1. The zero-order valence-corrected chi connectivity index (χ0v) is 32.5. The second kappa shape index (κ2) is 36.1. The van der Waals surface area contributed by atoms with Gasteiger partial charge < -0.3 is 14.4 Å². The molecule has 2 unspecified atom stereocenters. The highest BCUT2D eigenvalue weighted by Gasteiger charge is 2.24. The van der Waals surface area contributed by atoms with E-state index in [0.29, 0.717) is 6.42 Å². The highest BCUT2D eigenvalue weighted by atomic mass is 31.2. The standard InChI is InChI=1S/C40H73O8P/c1-4-6-8-10-12-14-16-18-19-20-21-23-24-26-28-30-32-34-39(41)46-36-38(37-47-49(43,44)45-3)48-40(42)35-33-31-29-27-25-22-17-15-13-11-9-7-5-2/h7,9,13,15,22,25,38H,4-6,8,10-12,14,16-21,23-24,26-37H2,1-3H3,(H,43,44)/b9-7-,15-13-,25-22-. The molecule has 0 aromatic carbocycles. The van der Waals surface area contributed by atoms with Crippen molar-refractivity contribution in [3.8, 4) is 0 Å². The fraction of sp³-hybridized carbons (Fsp3) is 0.800. The van der Waals surface area contributed by atoms with Crippen LogP contribution >= 0.6 is 7.82 Å². The number of ether oxygens (including phenoxy) is 2. The molecule has 1 N–H and O–H groups in total. The third kappa shape index (κ3) is 35.9. The van der Waals surface area contributed by atoms with Gasteiger partial charge in [0.25, 0.3) is 0 Å². The predicted molar refractivity (Wildman–Crippen MR) is 202 cm³/mol. The summed E-state index contributed by atoms with van der Waals surface area (Å²) in [6, 6.07) is 0. The molecule has 0 radical (unpaired) electrons. The van der Waals surface area contributed by atoms with E-state index in [1.54, 1.807) is 0 Å². The number of unbranched alkanes of at least 4 members (excludes halogenated alkanes) is 19. The normalized spacial score (nSPS) is 13.8. The van der Waals surface area contributed by atoms with Crippen LogP contribution in [0.1, 0.15) is 181 Å². The van der Waals surface area contributed by atoms with Crippen molar-refractivity contribution in [2.24, 2.45) is 0 Å². The molecular weight excluding hydrogens is 639 g/mol. The first kappa shape index (κ1) is 47.3. The van der Waals surface area contributed by atoms with Crippen molar-refractivity contribution in [2.75, 3.05) is 20.3 Å². The van der Waals surface area contributed by atoms with Gasteiger partial charge >= 0.3 is 19.8 Å². The van der Waals surface area contributed by atoms with E-state index in [-0.39, 0.29) is 25.4 Å². The number of rotatable bonds is 36. The van der Waals surface area contributed by atoms with Crippen LogP contribution in [-0.2, 0) is 32.7 Å². The van der Waals surface area contributed by atoms with Crippen LogP contribution in [0.25, 0.3) is 0 Å². The van der Waals surface area contributed by atoms with Gasteiger partial charge in [0.1, 0.15) is 6.61 Å². The zero-order valence-electron chi connectivity index (χ0n) is 31.6. The summed E-state index contributed by atoms with van der Waals surface area (Å²) in [5.74, 6) is -0.835. The Labute approximate surface area is 300 Å². The van der Waals surface area contributed by atoms with Crippen molar-refractivity contribution >= 4 is 19.8 Å². The molecule has 0 heterocycles. The maximum atomic E-state index is 12.4. The first-order valence-electron chi connectivity index (χ1n) is 19.7. The third-order valence-electron chi connectivity index (χ3n) is 8.40. The largest absolute Gasteiger partial charge is 0.472 e. The van der Waals surface area contributed by atoms with Gasteiger partial charge in [0.2, 0.25) is 0 Å². The van der Waals surface area contributed by atoms with Gasteiger partial charge in [-0.1, -0.05) is 159 Å². The Kier molecular flexibility index (Phi) is 34.8. The molecular formula is C40H73O8P. The third-order valence-corrected chi connectivity index (χ3v) is 9.34. The van der Waals surface area contributed by atoms with E-state index in [4.69, 9.17) is 14.0 Å². The lowest BCUT2D eigenvalue weighted by atomic mass is 10.0. The Morgan fingerprint density at radius 2 is 1.04 bits per heavy atom. The van der Waals surface area contributed by atoms with Crippen molar-refractivity contribution < 1.29 is 37.6 Å². The summed E-state index contributed by atoms with van der Waals surface area (Å²) in [5, 5.41) is 0. The Bertz CT molecular complexity index is 901. The molecule has 0 spiro atoms. The fourth-order valence-corrected chi connectivity index (χ4v) is 5.84. The van der Waals surface area contributed by atoms with E-state index in [0.717, 1.165) is 64.9 Å². The average molecular weight is 713 g/mol. The minimum atomic E-state index is -4.26. The summed E-state index contributed by atoms with van der Waals surface area (Å²) >= 11 is 0. The Morgan fingerprint density at radius 3 is 1.55 bits per heavy atom. The van der Waals surface area contributed by atoms with Gasteiger partial charge in [-0.2, -0.15) is 0 Å². The van der Waals surface area contributed by atoms with Crippen LogP contribution in [-0.4, -0.2) is 43.3 Å². The minimum absolute atomic E-state index is 0.211. The maximum Gasteiger partial charge on any atom is 0.472 e. The molecule has 2 atom stereocenters. The van der Waals surface area contributed by atoms with Gasteiger partial charge in [-0.15, -0.1) is 0 Å². The lowest BCUT2D eigenvalue weighted by molar-refractivity contribution is -0.161. The Balaban J connectivity index is 4.04. The van der Waals surface area contributed by atoms with E-state index in [1.807, 2.05) is 0 Å². The number of esters is 2. The van der Waals surface area contributed by atoms with Crippen LogP contribution in [0.3, 0.4) is 0 Å². The predicted octanol–water partition coefficient (Wildman–Crippen LogP) is 12.1. The van der Waals surface area contributed by atoms with Crippen molar-refractivity contribution in [3.63, 3.8) is 0 Å². The van der Waals surface area contributed by atoms with Crippen LogP contribution in [0.2, 0.25) is 0 Å². The monoisotopic (exact) mass is 713 g/mol. The number of carbonyl (C=O) groups is 2. The van der Waals surface area contributed by atoms with Crippen LogP contribution in [0, 0.1) is 0 Å². The van der Waals surface area contributed by atoms with E-state index in [2.05, 4.69) is 54.8 Å². The Morgan fingerprint density at radius 1 is 0.592 bits per heavy atom. The molecule has 286 valence electrons. The van der Waals surface area contributed by atoms with Gasteiger partial charge in [0.15, 0.2) is 6.10 Å². The minimum Gasteiger partial charge on any atom is -0.462 e. The van der Waals surface area contributed by atoms with E-state index >= 15 is 0 Å². The molecule has 49 heavy (non-hydrogen) atoms. The second-order valence-corrected chi connectivity index (χ2v) is 14.6. The van der Waals surface area contributed by atoms with Crippen molar-refractivity contribution in [2.45, 2.75) is 187 Å². The first-order valence-corrected chi connectivity index (χ1v) is 21.2. The molecule has 0 fully saturated rings. The van der Waals surface area contributed by atoms with Crippen LogP contribution < -0.4 is 0 Å². The van der Waals surface area contributed by atoms with Gasteiger partial charge in [-0.25, -0.2) is 4.57 Å². The highest BCUT2D eigenvalue weighted by Crippen LogP contribution is 2.42. The first-order chi connectivity index (χ1) is 23.8. The molecule has 0 saturated heterocycles. The van der Waals surface area contributed by atoms with Gasteiger partial charge in [-0.05, 0) is 44.9 Å². The maximum absolute atomic E-state index is 12.4. The number of hydrogen-bond acceptors (Lipinski definition) is 7. The summed E-state index contributed by atoms with van der Waals surface area (Å²) in [5.41, 5.74) is 0. The molecule has 0 amide bonds. The Hall–Kier alpha value is -1.73. The van der Waals surface area contributed by atoms with E-state index < -0.39 is 26.5 Å². The molecule has 0 aliphatic rings. The molecule has 0 aromatic rings.